The van der Waals surface area contributed by atoms with E-state index < -0.39 is 6.04 Å². The second kappa shape index (κ2) is 12.6. The molecule has 0 unspecified atom stereocenters. The van der Waals surface area contributed by atoms with Crippen molar-refractivity contribution in [1.29, 1.82) is 5.26 Å². The summed E-state index contributed by atoms with van der Waals surface area (Å²) in [4.78, 5) is 15.7. The monoisotopic (exact) mass is 440 g/mol. The fraction of sp³-hybridized carbons (Fsp3) is 0.310. The first-order valence-electron chi connectivity index (χ1n) is 11.6. The lowest BCUT2D eigenvalue weighted by Crippen LogP contribution is -2.45. The van der Waals surface area contributed by atoms with Crippen LogP contribution in [0.1, 0.15) is 54.9 Å². The third kappa shape index (κ3) is 6.78. The smallest absolute Gasteiger partial charge is 0.324 e. The molecule has 0 radical (unpaired) electrons. The van der Waals surface area contributed by atoms with Gasteiger partial charge in [-0.1, -0.05) is 86.1 Å². The topological polar surface area (TPSA) is 53.3 Å². The van der Waals surface area contributed by atoms with Crippen LogP contribution in [0.25, 0.3) is 0 Å². The molecule has 3 aromatic rings. The Morgan fingerprint density at radius 3 is 2.00 bits per heavy atom. The molecule has 0 aromatic heterocycles. The van der Waals surface area contributed by atoms with E-state index in [1.165, 1.54) is 0 Å². The van der Waals surface area contributed by atoms with Gasteiger partial charge < -0.3 is 4.74 Å². The Kier molecular flexibility index (Phi) is 9.23. The zero-order valence-corrected chi connectivity index (χ0v) is 19.5. The van der Waals surface area contributed by atoms with E-state index in [-0.39, 0.29) is 11.9 Å². The predicted octanol–water partition coefficient (Wildman–Crippen LogP) is 6.08. The van der Waals surface area contributed by atoms with Crippen LogP contribution in [0.2, 0.25) is 0 Å². The molecule has 170 valence electrons. The Morgan fingerprint density at radius 2 is 1.45 bits per heavy atom. The maximum Gasteiger partial charge on any atom is 0.324 e. The van der Waals surface area contributed by atoms with Gasteiger partial charge >= 0.3 is 5.97 Å². The number of ether oxygens (including phenoxy) is 1. The Bertz CT molecular complexity index is 1030. The molecule has 4 heteroatoms. The highest BCUT2D eigenvalue weighted by atomic mass is 16.5. The van der Waals surface area contributed by atoms with Gasteiger partial charge in [-0.25, -0.2) is 0 Å². The van der Waals surface area contributed by atoms with Crippen LogP contribution in [0.3, 0.4) is 0 Å². The minimum Gasteiger partial charge on any atom is -0.465 e. The van der Waals surface area contributed by atoms with Crippen molar-refractivity contribution in [2.45, 2.75) is 51.7 Å². The molecule has 3 rings (SSSR count). The van der Waals surface area contributed by atoms with Gasteiger partial charge in [0, 0.05) is 19.0 Å². The molecule has 0 saturated carbocycles. The zero-order chi connectivity index (χ0) is 23.5. The zero-order valence-electron chi connectivity index (χ0n) is 19.5. The molecule has 0 fully saturated rings. The molecule has 0 aliphatic carbocycles. The van der Waals surface area contributed by atoms with Gasteiger partial charge in [-0.15, -0.1) is 0 Å². The molecule has 0 heterocycles. The minimum atomic E-state index is -0.428. The minimum absolute atomic E-state index is 0.0114. The van der Waals surface area contributed by atoms with E-state index in [1.54, 1.807) is 0 Å². The van der Waals surface area contributed by atoms with Crippen molar-refractivity contribution in [1.82, 2.24) is 4.90 Å². The summed E-state index contributed by atoms with van der Waals surface area (Å²) in [6, 6.07) is 29.8. The number of hydrogen-bond donors (Lipinski definition) is 0. The third-order valence-electron chi connectivity index (χ3n) is 5.83. The molecule has 33 heavy (non-hydrogen) atoms. The van der Waals surface area contributed by atoms with E-state index in [4.69, 9.17) is 10.00 Å². The van der Waals surface area contributed by atoms with Crippen LogP contribution in [0.4, 0.5) is 0 Å². The number of carbonyl (C=O) groups is 1. The van der Waals surface area contributed by atoms with Crippen molar-refractivity contribution >= 4 is 5.97 Å². The van der Waals surface area contributed by atoms with Gasteiger partial charge in [0.15, 0.2) is 0 Å². The number of hydrogen-bond acceptors (Lipinski definition) is 4. The first-order valence-corrected chi connectivity index (χ1v) is 11.6. The van der Waals surface area contributed by atoms with Gasteiger partial charge in [-0.05, 0) is 42.2 Å². The summed E-state index contributed by atoms with van der Waals surface area (Å²) in [6.45, 7) is 5.56. The van der Waals surface area contributed by atoms with Crippen molar-refractivity contribution in [3.63, 3.8) is 0 Å². The molecule has 0 amide bonds. The molecule has 2 atom stereocenters. The lowest BCUT2D eigenvalue weighted by atomic mass is 9.86. The van der Waals surface area contributed by atoms with E-state index in [0.29, 0.717) is 25.3 Å². The number of esters is 1. The van der Waals surface area contributed by atoms with E-state index in [9.17, 15) is 4.79 Å². The fourth-order valence-corrected chi connectivity index (χ4v) is 4.30. The van der Waals surface area contributed by atoms with Gasteiger partial charge in [0.2, 0.25) is 0 Å². The third-order valence-corrected chi connectivity index (χ3v) is 5.83. The number of rotatable bonds is 11. The molecular weight excluding hydrogens is 408 g/mol. The quantitative estimate of drug-likeness (QED) is 0.339. The normalized spacial score (nSPS) is 12.7. The van der Waals surface area contributed by atoms with Gasteiger partial charge in [-0.2, -0.15) is 5.26 Å². The first-order chi connectivity index (χ1) is 16.2. The van der Waals surface area contributed by atoms with Crippen LogP contribution in [-0.4, -0.2) is 23.5 Å². The second-order valence-corrected chi connectivity index (χ2v) is 8.20. The molecule has 0 N–H and O–H groups in total. The molecule has 0 aliphatic heterocycles. The number of nitriles is 1. The van der Waals surface area contributed by atoms with Crippen LogP contribution in [0, 0.1) is 11.3 Å². The summed E-state index contributed by atoms with van der Waals surface area (Å²) >= 11 is 0. The number of carbonyl (C=O) groups excluding carboxylic acids is 1. The highest BCUT2D eigenvalue weighted by Crippen LogP contribution is 2.31. The largest absolute Gasteiger partial charge is 0.465 e. The van der Waals surface area contributed by atoms with E-state index in [0.717, 1.165) is 29.5 Å². The SMILES string of the molecule is CCC[C@@H](c1ccccc1)[C@@H](C(=O)OCC)N(Cc1ccccc1)Cc1ccc(C#N)cc1. The van der Waals surface area contributed by atoms with Crippen LogP contribution in [0.15, 0.2) is 84.9 Å². The van der Waals surface area contributed by atoms with Gasteiger partial charge in [-0.3, -0.25) is 9.69 Å². The average Bonchev–Trinajstić information content (AvgIpc) is 2.85. The summed E-state index contributed by atoms with van der Waals surface area (Å²) < 4.78 is 5.62. The van der Waals surface area contributed by atoms with Crippen molar-refractivity contribution in [2.24, 2.45) is 0 Å². The first kappa shape index (κ1) is 24.2. The molecule has 4 nitrogen and oxygen atoms in total. The van der Waals surface area contributed by atoms with E-state index >= 15 is 0 Å². The van der Waals surface area contributed by atoms with E-state index in [2.05, 4.69) is 42.2 Å². The van der Waals surface area contributed by atoms with Crippen molar-refractivity contribution in [3.05, 3.63) is 107 Å². The predicted molar refractivity (Wildman–Crippen MR) is 131 cm³/mol. The highest BCUT2D eigenvalue weighted by Gasteiger charge is 2.35. The Morgan fingerprint density at radius 1 is 0.879 bits per heavy atom. The van der Waals surface area contributed by atoms with Crippen molar-refractivity contribution in [3.8, 4) is 6.07 Å². The van der Waals surface area contributed by atoms with Gasteiger partial charge in [0.05, 0.1) is 18.2 Å². The maximum absolute atomic E-state index is 13.4. The summed E-state index contributed by atoms with van der Waals surface area (Å²) in [5.74, 6) is -0.179. The second-order valence-electron chi connectivity index (χ2n) is 8.20. The summed E-state index contributed by atoms with van der Waals surface area (Å²) in [5.41, 5.74) is 3.98. The lowest BCUT2D eigenvalue weighted by molar-refractivity contribution is -0.151. The van der Waals surface area contributed by atoms with Gasteiger partial charge in [0.25, 0.3) is 0 Å². The number of nitrogens with zero attached hydrogens (tertiary/aromatic N) is 2. The van der Waals surface area contributed by atoms with Crippen LogP contribution >= 0.6 is 0 Å². The molecular formula is C29H32N2O2. The summed E-state index contributed by atoms with van der Waals surface area (Å²) in [6.07, 6.45) is 1.84. The maximum atomic E-state index is 13.4. The molecule has 0 spiro atoms. The Labute approximate surface area is 197 Å². The average molecular weight is 441 g/mol. The summed E-state index contributed by atoms with van der Waals surface area (Å²) in [5, 5.41) is 9.16. The molecule has 0 aliphatic rings. The fourth-order valence-electron chi connectivity index (χ4n) is 4.30. The molecule has 0 saturated heterocycles. The van der Waals surface area contributed by atoms with Crippen LogP contribution in [-0.2, 0) is 22.6 Å². The molecule has 0 bridgehead atoms. The van der Waals surface area contributed by atoms with Crippen molar-refractivity contribution < 1.29 is 9.53 Å². The van der Waals surface area contributed by atoms with E-state index in [1.807, 2.05) is 67.6 Å². The van der Waals surface area contributed by atoms with Gasteiger partial charge in [0.1, 0.15) is 6.04 Å². The van der Waals surface area contributed by atoms with Crippen LogP contribution in [0.5, 0.6) is 0 Å². The lowest BCUT2D eigenvalue weighted by Gasteiger charge is -2.36. The Balaban J connectivity index is 2.04. The standard InChI is InChI=1S/C29H32N2O2/c1-3-11-27(26-14-9-6-10-15-26)28(29(32)33-4-2)31(21-24-12-7-5-8-13-24)22-25-18-16-23(20-30)17-19-25/h5-10,12-19,27-28H,3-4,11,21-22H2,1-2H3/t27-,28-/m0/s1. The highest BCUT2D eigenvalue weighted by molar-refractivity contribution is 5.77. The van der Waals surface area contributed by atoms with Crippen LogP contribution < -0.4 is 0 Å². The number of benzene rings is 3. The summed E-state index contributed by atoms with van der Waals surface area (Å²) in [7, 11) is 0. The van der Waals surface area contributed by atoms with Crippen molar-refractivity contribution in [2.75, 3.05) is 6.61 Å². The Hall–Kier alpha value is -3.42. The molecule has 3 aromatic carbocycles.